The van der Waals surface area contributed by atoms with E-state index in [9.17, 15) is 4.79 Å². The maximum absolute atomic E-state index is 13.0. The van der Waals surface area contributed by atoms with Gasteiger partial charge in [-0.1, -0.05) is 48.5 Å². The number of carbonyl (C=O) groups is 1. The highest BCUT2D eigenvalue weighted by Gasteiger charge is 2.51. The molecule has 1 heterocycles. The van der Waals surface area contributed by atoms with Gasteiger partial charge in [-0.25, -0.2) is 0 Å². The van der Waals surface area contributed by atoms with E-state index in [0.717, 1.165) is 46.7 Å². The first-order valence-electron chi connectivity index (χ1n) is 9.12. The second kappa shape index (κ2) is 6.16. The molecule has 1 aliphatic heterocycles. The van der Waals surface area contributed by atoms with Crippen LogP contribution in [0.15, 0.2) is 72.8 Å². The minimum absolute atomic E-state index is 0. The van der Waals surface area contributed by atoms with Crippen molar-refractivity contribution in [2.45, 2.75) is 18.3 Å². The summed E-state index contributed by atoms with van der Waals surface area (Å²) in [5.74, 6) is 1.50. The Balaban J connectivity index is 0.00000192. The Morgan fingerprint density at radius 3 is 2.30 bits per heavy atom. The van der Waals surface area contributed by atoms with Crippen molar-refractivity contribution in [1.29, 1.82) is 0 Å². The molecule has 1 amide bonds. The van der Waals surface area contributed by atoms with Gasteiger partial charge in [0.05, 0.1) is 5.41 Å². The second-order valence-electron chi connectivity index (χ2n) is 7.05. The van der Waals surface area contributed by atoms with E-state index < -0.39 is 5.41 Å². The Hall–Kier alpha value is -3.27. The molecule has 0 aromatic heterocycles. The Kier molecular flexibility index (Phi) is 3.64. The molecule has 3 aromatic rings. The average molecular weight is 359 g/mol. The summed E-state index contributed by atoms with van der Waals surface area (Å²) in [6.07, 6.45) is 1.70. The highest BCUT2D eigenvalue weighted by atomic mass is 16.7. The maximum atomic E-state index is 13.0. The molecule has 5 rings (SSSR count). The standard InChI is InChI=1S/C23H19NO3.H2/c25-22(23(12-13-23)18-8-11-20-21(14-18)27-15-26-20)24-19-9-6-17(7-10-19)16-4-2-1-3-5-16;/h1-11,14H,12-13,15H2,(H,24,25);1H. The molecule has 2 aliphatic rings. The normalized spacial score (nSPS) is 16.0. The van der Waals surface area contributed by atoms with Crippen molar-refractivity contribution in [3.63, 3.8) is 0 Å². The molecule has 3 aromatic carbocycles. The number of amides is 1. The maximum Gasteiger partial charge on any atom is 0.235 e. The molecule has 0 unspecified atom stereocenters. The number of ether oxygens (including phenoxy) is 2. The largest absolute Gasteiger partial charge is 0.454 e. The molecule has 1 aliphatic carbocycles. The van der Waals surface area contributed by atoms with E-state index in [1.54, 1.807) is 0 Å². The van der Waals surface area contributed by atoms with E-state index >= 15 is 0 Å². The van der Waals surface area contributed by atoms with Crippen LogP contribution < -0.4 is 14.8 Å². The fraction of sp³-hybridized carbons (Fsp3) is 0.174. The average Bonchev–Trinajstić information content (AvgIpc) is 3.40. The van der Waals surface area contributed by atoms with Crippen LogP contribution in [0, 0.1) is 0 Å². The third kappa shape index (κ3) is 2.83. The molecular formula is C23H21NO3. The molecular weight excluding hydrogens is 338 g/mol. The Morgan fingerprint density at radius 1 is 0.852 bits per heavy atom. The topological polar surface area (TPSA) is 47.6 Å². The molecule has 1 fully saturated rings. The summed E-state index contributed by atoms with van der Waals surface area (Å²) in [6, 6.07) is 24.0. The van der Waals surface area contributed by atoms with E-state index in [1.165, 1.54) is 0 Å². The monoisotopic (exact) mass is 359 g/mol. The zero-order chi connectivity index (χ0) is 18.3. The van der Waals surface area contributed by atoms with Crippen LogP contribution in [-0.2, 0) is 10.2 Å². The lowest BCUT2D eigenvalue weighted by Crippen LogP contribution is -2.27. The van der Waals surface area contributed by atoms with Gasteiger partial charge < -0.3 is 14.8 Å². The minimum Gasteiger partial charge on any atom is -0.454 e. The van der Waals surface area contributed by atoms with E-state index in [4.69, 9.17) is 9.47 Å². The van der Waals surface area contributed by atoms with Crippen LogP contribution in [0.25, 0.3) is 11.1 Å². The lowest BCUT2D eigenvalue weighted by Gasteiger charge is -2.16. The Labute approximate surface area is 159 Å². The van der Waals surface area contributed by atoms with Crippen molar-refractivity contribution in [3.8, 4) is 22.6 Å². The number of fused-ring (bicyclic) bond motifs is 1. The number of nitrogens with one attached hydrogen (secondary N) is 1. The smallest absolute Gasteiger partial charge is 0.235 e. The van der Waals surface area contributed by atoms with Crippen molar-refractivity contribution in [3.05, 3.63) is 78.4 Å². The fourth-order valence-corrected chi connectivity index (χ4v) is 3.59. The summed E-state index contributed by atoms with van der Waals surface area (Å²) < 4.78 is 10.8. The van der Waals surface area contributed by atoms with Gasteiger partial charge in [-0.05, 0) is 53.8 Å². The van der Waals surface area contributed by atoms with E-state index in [1.807, 2.05) is 60.7 Å². The van der Waals surface area contributed by atoms with Crippen molar-refractivity contribution in [2.24, 2.45) is 0 Å². The van der Waals surface area contributed by atoms with Crippen molar-refractivity contribution in [2.75, 3.05) is 12.1 Å². The summed E-state index contributed by atoms with van der Waals surface area (Å²) in [6.45, 7) is 0.242. The van der Waals surface area contributed by atoms with Gasteiger partial charge in [-0.3, -0.25) is 4.79 Å². The predicted octanol–water partition coefficient (Wildman–Crippen LogP) is 5.00. The number of anilines is 1. The first-order valence-corrected chi connectivity index (χ1v) is 9.12. The molecule has 0 radical (unpaired) electrons. The highest BCUT2D eigenvalue weighted by molar-refractivity contribution is 6.01. The molecule has 27 heavy (non-hydrogen) atoms. The van der Waals surface area contributed by atoms with Gasteiger partial charge in [0.15, 0.2) is 11.5 Å². The zero-order valence-corrected chi connectivity index (χ0v) is 14.8. The Bertz CT molecular complexity index is 998. The molecule has 136 valence electrons. The van der Waals surface area contributed by atoms with Gasteiger partial charge in [0.25, 0.3) is 0 Å². The lowest BCUT2D eigenvalue weighted by molar-refractivity contribution is -0.118. The van der Waals surface area contributed by atoms with E-state index in [2.05, 4.69) is 17.4 Å². The fourth-order valence-electron chi connectivity index (χ4n) is 3.59. The van der Waals surface area contributed by atoms with Gasteiger partial charge in [0, 0.05) is 7.11 Å². The van der Waals surface area contributed by atoms with Crippen LogP contribution >= 0.6 is 0 Å². The van der Waals surface area contributed by atoms with Crippen LogP contribution in [-0.4, -0.2) is 12.7 Å². The van der Waals surface area contributed by atoms with Crippen molar-refractivity contribution >= 4 is 11.6 Å². The summed E-state index contributed by atoms with van der Waals surface area (Å²) in [5.41, 5.74) is 3.63. The molecule has 1 N–H and O–H groups in total. The van der Waals surface area contributed by atoms with Crippen LogP contribution in [0.2, 0.25) is 0 Å². The number of hydrogen-bond donors (Lipinski definition) is 1. The zero-order valence-electron chi connectivity index (χ0n) is 14.8. The summed E-state index contributed by atoms with van der Waals surface area (Å²) in [7, 11) is 0. The number of benzene rings is 3. The highest BCUT2D eigenvalue weighted by Crippen LogP contribution is 2.51. The van der Waals surface area contributed by atoms with Gasteiger partial charge in [0.2, 0.25) is 12.7 Å². The van der Waals surface area contributed by atoms with Gasteiger partial charge in [0.1, 0.15) is 0 Å². The van der Waals surface area contributed by atoms with Gasteiger partial charge in [-0.15, -0.1) is 0 Å². The predicted molar refractivity (Wildman–Crippen MR) is 106 cm³/mol. The number of hydrogen-bond acceptors (Lipinski definition) is 3. The molecule has 4 nitrogen and oxygen atoms in total. The molecule has 4 heteroatoms. The third-order valence-electron chi connectivity index (χ3n) is 5.36. The lowest BCUT2D eigenvalue weighted by atomic mass is 9.94. The second-order valence-corrected chi connectivity index (χ2v) is 7.05. The summed E-state index contributed by atoms with van der Waals surface area (Å²) in [5, 5.41) is 3.08. The minimum atomic E-state index is -0.459. The first kappa shape index (κ1) is 15.9. The van der Waals surface area contributed by atoms with Crippen LogP contribution in [0.4, 0.5) is 5.69 Å². The van der Waals surface area contributed by atoms with E-state index in [-0.39, 0.29) is 14.1 Å². The summed E-state index contributed by atoms with van der Waals surface area (Å²) in [4.78, 5) is 13.0. The van der Waals surface area contributed by atoms with Crippen molar-refractivity contribution in [1.82, 2.24) is 0 Å². The molecule has 0 saturated heterocycles. The number of rotatable bonds is 4. The van der Waals surface area contributed by atoms with Crippen LogP contribution in [0.1, 0.15) is 19.8 Å². The molecule has 1 saturated carbocycles. The third-order valence-corrected chi connectivity index (χ3v) is 5.36. The first-order chi connectivity index (χ1) is 13.2. The van der Waals surface area contributed by atoms with Crippen LogP contribution in [0.3, 0.4) is 0 Å². The van der Waals surface area contributed by atoms with Gasteiger partial charge in [-0.2, -0.15) is 0 Å². The molecule has 0 atom stereocenters. The summed E-state index contributed by atoms with van der Waals surface area (Å²) >= 11 is 0. The van der Waals surface area contributed by atoms with Crippen LogP contribution in [0.5, 0.6) is 11.5 Å². The quantitative estimate of drug-likeness (QED) is 0.713. The number of carbonyl (C=O) groups excluding carboxylic acids is 1. The van der Waals surface area contributed by atoms with Crippen molar-refractivity contribution < 1.29 is 15.7 Å². The SMILES string of the molecule is O=C(Nc1ccc(-c2ccccc2)cc1)C1(c2ccc3c(c2)OCO3)CC1.[HH]. The molecule has 0 bridgehead atoms. The Morgan fingerprint density at radius 2 is 1.56 bits per heavy atom. The molecule has 0 spiro atoms. The van der Waals surface area contributed by atoms with Gasteiger partial charge >= 0.3 is 0 Å². The van der Waals surface area contributed by atoms with E-state index in [0.29, 0.717) is 0 Å².